The fourth-order valence-electron chi connectivity index (χ4n) is 3.38. The zero-order valence-electron chi connectivity index (χ0n) is 12.0. The fourth-order valence-corrected chi connectivity index (χ4v) is 3.53. The zero-order chi connectivity index (χ0) is 15.1. The highest BCUT2D eigenvalue weighted by atomic mass is 35.5. The largest absolute Gasteiger partial charge is 0.448 e. The second kappa shape index (κ2) is 5.38. The lowest BCUT2D eigenvalue weighted by molar-refractivity contribution is -0.160. The van der Waals surface area contributed by atoms with Crippen LogP contribution in [0.25, 0.3) is 0 Å². The number of aryl methyl sites for hydroxylation is 1. The molecule has 0 saturated heterocycles. The van der Waals surface area contributed by atoms with Gasteiger partial charge in [0.15, 0.2) is 5.22 Å². The molecule has 1 aromatic carbocycles. The Bertz CT molecular complexity index is 725. The summed E-state index contributed by atoms with van der Waals surface area (Å²) >= 11 is 5.91. The van der Waals surface area contributed by atoms with Crippen molar-refractivity contribution in [1.82, 2.24) is 5.06 Å². The van der Waals surface area contributed by atoms with Crippen LogP contribution < -0.4 is 5.73 Å². The Labute approximate surface area is 134 Å². The predicted octanol–water partition coefficient (Wildman–Crippen LogP) is 4.10. The molecule has 22 heavy (non-hydrogen) atoms. The number of benzene rings is 1. The average Bonchev–Trinajstić information content (AvgIpc) is 3.12. The number of fused-ring (bicyclic) bond motifs is 1. The zero-order valence-corrected chi connectivity index (χ0v) is 12.8. The van der Waals surface area contributed by atoms with Gasteiger partial charge in [0.05, 0.1) is 6.04 Å². The van der Waals surface area contributed by atoms with Gasteiger partial charge in [0, 0.05) is 6.08 Å². The normalized spacial score (nSPS) is 24.7. The molecule has 1 aliphatic carbocycles. The highest BCUT2D eigenvalue weighted by molar-refractivity contribution is 6.28. The first kappa shape index (κ1) is 13.7. The van der Waals surface area contributed by atoms with E-state index < -0.39 is 0 Å². The van der Waals surface area contributed by atoms with Gasteiger partial charge in [-0.05, 0) is 54.1 Å². The van der Waals surface area contributed by atoms with Crippen LogP contribution in [0.1, 0.15) is 41.8 Å². The lowest BCUT2D eigenvalue weighted by atomic mass is 9.87. The Hall–Kier alpha value is -1.91. The summed E-state index contributed by atoms with van der Waals surface area (Å²) in [5.41, 5.74) is 8.59. The van der Waals surface area contributed by atoms with Gasteiger partial charge in [-0.1, -0.05) is 24.3 Å². The van der Waals surface area contributed by atoms with Crippen molar-refractivity contribution in [2.75, 3.05) is 0 Å². The molecule has 4 rings (SSSR count). The van der Waals surface area contributed by atoms with E-state index in [4.69, 9.17) is 26.6 Å². The third kappa shape index (κ3) is 2.28. The van der Waals surface area contributed by atoms with E-state index in [1.165, 1.54) is 11.1 Å². The van der Waals surface area contributed by atoms with Crippen LogP contribution in [0, 0.1) is 0 Å². The van der Waals surface area contributed by atoms with Crippen LogP contribution in [0.2, 0.25) is 5.22 Å². The van der Waals surface area contributed by atoms with Crippen LogP contribution in [0.3, 0.4) is 0 Å². The second-order valence-electron chi connectivity index (χ2n) is 5.71. The van der Waals surface area contributed by atoms with Crippen LogP contribution in [-0.4, -0.2) is 5.06 Å². The van der Waals surface area contributed by atoms with Gasteiger partial charge in [-0.15, -0.1) is 5.06 Å². The molecule has 0 spiro atoms. The Morgan fingerprint density at radius 2 is 2.05 bits per heavy atom. The minimum atomic E-state index is -0.149. The van der Waals surface area contributed by atoms with Crippen molar-refractivity contribution in [2.24, 2.45) is 5.73 Å². The van der Waals surface area contributed by atoms with Crippen LogP contribution in [-0.2, 0) is 11.3 Å². The quantitative estimate of drug-likeness (QED) is 0.906. The van der Waals surface area contributed by atoms with E-state index in [0.29, 0.717) is 11.1 Å². The van der Waals surface area contributed by atoms with E-state index in [9.17, 15) is 0 Å². The highest BCUT2D eigenvalue weighted by Crippen LogP contribution is 2.43. The average molecular weight is 317 g/mol. The second-order valence-corrected chi connectivity index (χ2v) is 6.09. The summed E-state index contributed by atoms with van der Waals surface area (Å²) in [6.45, 7) is 0. The molecule has 2 heterocycles. The first-order valence-electron chi connectivity index (χ1n) is 7.49. The smallest absolute Gasteiger partial charge is 0.207 e. The predicted molar refractivity (Wildman–Crippen MR) is 83.8 cm³/mol. The molecule has 0 radical (unpaired) electrons. The molecular weight excluding hydrogens is 300 g/mol. The number of rotatable bonds is 2. The van der Waals surface area contributed by atoms with Crippen molar-refractivity contribution in [3.8, 4) is 0 Å². The molecule has 4 nitrogen and oxygen atoms in total. The Morgan fingerprint density at radius 1 is 1.18 bits per heavy atom. The molecule has 0 bridgehead atoms. The van der Waals surface area contributed by atoms with Gasteiger partial charge in [0.2, 0.25) is 5.88 Å². The molecule has 0 amide bonds. The molecule has 114 valence electrons. The summed E-state index contributed by atoms with van der Waals surface area (Å²) in [7, 11) is 0. The van der Waals surface area contributed by atoms with E-state index in [1.54, 1.807) is 6.07 Å². The van der Waals surface area contributed by atoms with E-state index in [2.05, 4.69) is 24.3 Å². The summed E-state index contributed by atoms with van der Waals surface area (Å²) < 4.78 is 5.57. The van der Waals surface area contributed by atoms with Gasteiger partial charge in [-0.25, -0.2) is 0 Å². The summed E-state index contributed by atoms with van der Waals surface area (Å²) in [5.74, 6) is 1.15. The van der Waals surface area contributed by atoms with Gasteiger partial charge in [0.25, 0.3) is 0 Å². The topological polar surface area (TPSA) is 51.6 Å². The molecule has 1 aliphatic heterocycles. The standard InChI is InChI=1S/C17H17ClN2O2/c18-16-9-8-15(21-16)14-10-17(19)22-20(14)13-7-3-5-11-4-1-2-6-12(11)13/h1-2,4,6,8-10,13-14H,3,5,7,19H2. The van der Waals surface area contributed by atoms with E-state index >= 15 is 0 Å². The van der Waals surface area contributed by atoms with Crippen molar-refractivity contribution in [3.63, 3.8) is 0 Å². The molecule has 2 unspecified atom stereocenters. The minimum absolute atomic E-state index is 0.149. The Balaban J connectivity index is 1.70. The number of halogens is 1. The van der Waals surface area contributed by atoms with Gasteiger partial charge in [0.1, 0.15) is 11.8 Å². The molecule has 2 aliphatic rings. The van der Waals surface area contributed by atoms with E-state index in [-0.39, 0.29) is 12.1 Å². The SMILES string of the molecule is NC1=CC(c2ccc(Cl)o2)N(C2CCCc3ccccc32)O1. The molecule has 0 saturated carbocycles. The Morgan fingerprint density at radius 3 is 2.86 bits per heavy atom. The first-order valence-corrected chi connectivity index (χ1v) is 7.87. The van der Waals surface area contributed by atoms with Crippen LogP contribution in [0.4, 0.5) is 0 Å². The van der Waals surface area contributed by atoms with Crippen LogP contribution >= 0.6 is 11.6 Å². The van der Waals surface area contributed by atoms with Gasteiger partial charge in [-0.3, -0.25) is 0 Å². The summed E-state index contributed by atoms with van der Waals surface area (Å²) in [6.07, 6.45) is 5.14. The molecule has 2 aromatic rings. The van der Waals surface area contributed by atoms with Gasteiger partial charge in [-0.2, -0.15) is 0 Å². The van der Waals surface area contributed by atoms with E-state index in [1.807, 2.05) is 17.2 Å². The minimum Gasteiger partial charge on any atom is -0.448 e. The maximum Gasteiger partial charge on any atom is 0.207 e. The van der Waals surface area contributed by atoms with Crippen molar-refractivity contribution in [3.05, 3.63) is 70.5 Å². The molecule has 5 heteroatoms. The van der Waals surface area contributed by atoms with Crippen molar-refractivity contribution >= 4 is 11.6 Å². The molecule has 1 aromatic heterocycles. The van der Waals surface area contributed by atoms with Crippen molar-refractivity contribution in [1.29, 1.82) is 0 Å². The van der Waals surface area contributed by atoms with Crippen LogP contribution in [0.5, 0.6) is 0 Å². The lowest BCUT2D eigenvalue weighted by Gasteiger charge is -2.34. The third-order valence-electron chi connectivity index (χ3n) is 4.34. The summed E-state index contributed by atoms with van der Waals surface area (Å²) in [4.78, 5) is 5.80. The summed E-state index contributed by atoms with van der Waals surface area (Å²) in [5, 5.41) is 2.31. The molecule has 0 fully saturated rings. The van der Waals surface area contributed by atoms with Crippen molar-refractivity contribution < 1.29 is 9.25 Å². The number of hydrogen-bond donors (Lipinski definition) is 1. The number of nitrogens with two attached hydrogens (primary N) is 1. The highest BCUT2D eigenvalue weighted by Gasteiger charge is 2.38. The maximum atomic E-state index is 5.91. The summed E-state index contributed by atoms with van der Waals surface area (Å²) in [6, 6.07) is 12.1. The maximum absolute atomic E-state index is 5.91. The number of hydroxylamine groups is 2. The fraction of sp³-hybridized carbons (Fsp3) is 0.294. The lowest BCUT2D eigenvalue weighted by Crippen LogP contribution is -2.31. The number of furan rings is 1. The molecular formula is C17H17ClN2O2. The van der Waals surface area contributed by atoms with Crippen molar-refractivity contribution in [2.45, 2.75) is 31.3 Å². The number of hydrogen-bond acceptors (Lipinski definition) is 4. The Kier molecular flexibility index (Phi) is 3.36. The number of nitrogens with zero attached hydrogens (tertiary/aromatic N) is 1. The van der Waals surface area contributed by atoms with Gasteiger partial charge >= 0.3 is 0 Å². The van der Waals surface area contributed by atoms with Crippen LogP contribution in [0.15, 0.2) is 52.8 Å². The van der Waals surface area contributed by atoms with Gasteiger partial charge < -0.3 is 15.0 Å². The first-order chi connectivity index (χ1) is 10.7. The molecule has 2 atom stereocenters. The van der Waals surface area contributed by atoms with E-state index in [0.717, 1.165) is 25.0 Å². The molecule has 2 N–H and O–H groups in total. The third-order valence-corrected chi connectivity index (χ3v) is 4.54. The monoisotopic (exact) mass is 316 g/mol.